The first kappa shape index (κ1) is 11.9. The van der Waals surface area contributed by atoms with Gasteiger partial charge in [-0.05, 0) is 30.5 Å². The summed E-state index contributed by atoms with van der Waals surface area (Å²) < 4.78 is 19.0. The molecule has 0 aliphatic heterocycles. The molecule has 0 spiro atoms. The monoisotopic (exact) mass is 234 g/mol. The number of hydrogen-bond acceptors (Lipinski definition) is 3. The lowest BCUT2D eigenvalue weighted by Gasteiger charge is -2.13. The van der Waals surface area contributed by atoms with Crippen LogP contribution in [0.2, 0.25) is 0 Å². The van der Waals surface area contributed by atoms with E-state index in [1.54, 1.807) is 12.1 Å². The van der Waals surface area contributed by atoms with Crippen LogP contribution >= 0.6 is 0 Å². The van der Waals surface area contributed by atoms with Gasteiger partial charge in [0, 0.05) is 18.4 Å². The van der Waals surface area contributed by atoms with Crippen LogP contribution in [0, 0.1) is 22.6 Å². The molecule has 4 heteroatoms. The van der Waals surface area contributed by atoms with Crippen molar-refractivity contribution in [2.45, 2.75) is 25.8 Å². The molecule has 2 rings (SSSR count). The largest absolute Gasteiger partial charge is 0.490 e. The van der Waals surface area contributed by atoms with Gasteiger partial charge in [-0.3, -0.25) is 0 Å². The summed E-state index contributed by atoms with van der Waals surface area (Å²) in [6, 6.07) is 6.89. The summed E-state index contributed by atoms with van der Waals surface area (Å²) in [5.41, 5.74) is 6.13. The number of ether oxygens (including phenoxy) is 1. The summed E-state index contributed by atoms with van der Waals surface area (Å²) >= 11 is 0. The van der Waals surface area contributed by atoms with E-state index in [0.29, 0.717) is 19.6 Å². The Labute approximate surface area is 100.0 Å². The highest BCUT2D eigenvalue weighted by Crippen LogP contribution is 2.48. The molecule has 90 valence electrons. The summed E-state index contributed by atoms with van der Waals surface area (Å²) in [6.45, 7) is 0.731. The molecule has 0 aromatic heterocycles. The average molecular weight is 234 g/mol. The molecule has 0 atom stereocenters. The maximum atomic E-state index is 13.6. The molecule has 0 saturated heterocycles. The van der Waals surface area contributed by atoms with Gasteiger partial charge in [-0.15, -0.1) is 0 Å². The normalized spacial score (nSPS) is 16.3. The van der Waals surface area contributed by atoms with E-state index in [4.69, 9.17) is 15.7 Å². The second-order valence-corrected chi connectivity index (χ2v) is 4.59. The van der Waals surface area contributed by atoms with Crippen molar-refractivity contribution in [1.82, 2.24) is 0 Å². The molecule has 0 heterocycles. The maximum Gasteiger partial charge on any atom is 0.165 e. The first-order chi connectivity index (χ1) is 8.19. The van der Waals surface area contributed by atoms with Crippen LogP contribution in [0.5, 0.6) is 5.75 Å². The topological polar surface area (TPSA) is 59.0 Å². The predicted octanol–water partition coefficient (Wildman–Crippen LogP) is 2.36. The van der Waals surface area contributed by atoms with Gasteiger partial charge in [0.15, 0.2) is 11.6 Å². The lowest BCUT2D eigenvalue weighted by Crippen LogP contribution is -2.13. The third kappa shape index (κ3) is 2.75. The fraction of sp³-hybridized carbons (Fsp3) is 0.462. The van der Waals surface area contributed by atoms with E-state index in [9.17, 15) is 4.39 Å². The van der Waals surface area contributed by atoms with E-state index in [0.717, 1.165) is 18.4 Å². The van der Waals surface area contributed by atoms with Crippen LogP contribution in [0.15, 0.2) is 18.2 Å². The number of benzene rings is 1. The highest BCUT2D eigenvalue weighted by molar-refractivity contribution is 5.29. The van der Waals surface area contributed by atoms with Crippen molar-refractivity contribution < 1.29 is 9.13 Å². The summed E-state index contributed by atoms with van der Waals surface area (Å²) in [6.07, 6.45) is 2.46. The third-order valence-corrected chi connectivity index (χ3v) is 3.18. The molecule has 3 nitrogen and oxygen atoms in total. The SMILES string of the molecule is N#CCC1(COc2ccc(CN)cc2F)CC1. The van der Waals surface area contributed by atoms with Gasteiger partial charge in [0.1, 0.15) is 0 Å². The molecule has 0 unspecified atom stereocenters. The fourth-order valence-corrected chi connectivity index (χ4v) is 1.74. The number of rotatable bonds is 5. The van der Waals surface area contributed by atoms with Crippen LogP contribution in [0.3, 0.4) is 0 Å². The van der Waals surface area contributed by atoms with Gasteiger partial charge in [-0.25, -0.2) is 4.39 Å². The molecular formula is C13H15FN2O. The van der Waals surface area contributed by atoms with Crippen LogP contribution < -0.4 is 10.5 Å². The summed E-state index contributed by atoms with van der Waals surface area (Å²) in [4.78, 5) is 0. The molecule has 17 heavy (non-hydrogen) atoms. The second-order valence-electron chi connectivity index (χ2n) is 4.59. The molecular weight excluding hydrogens is 219 g/mol. The van der Waals surface area contributed by atoms with Crippen molar-refractivity contribution in [2.24, 2.45) is 11.1 Å². The van der Waals surface area contributed by atoms with Gasteiger partial charge >= 0.3 is 0 Å². The minimum atomic E-state index is -0.388. The van der Waals surface area contributed by atoms with E-state index in [-0.39, 0.29) is 17.0 Å². The maximum absolute atomic E-state index is 13.6. The van der Waals surface area contributed by atoms with Gasteiger partial charge in [-0.1, -0.05) is 6.07 Å². The van der Waals surface area contributed by atoms with Crippen LogP contribution in [-0.4, -0.2) is 6.61 Å². The van der Waals surface area contributed by atoms with Crippen molar-refractivity contribution >= 4 is 0 Å². The van der Waals surface area contributed by atoms with Crippen molar-refractivity contribution in [3.05, 3.63) is 29.6 Å². The third-order valence-electron chi connectivity index (χ3n) is 3.18. The van der Waals surface area contributed by atoms with Gasteiger partial charge in [0.05, 0.1) is 12.7 Å². The summed E-state index contributed by atoms with van der Waals surface area (Å²) in [7, 11) is 0. The molecule has 0 bridgehead atoms. The molecule has 1 aromatic carbocycles. The first-order valence-electron chi connectivity index (χ1n) is 5.67. The van der Waals surface area contributed by atoms with Crippen molar-refractivity contribution in [3.8, 4) is 11.8 Å². The Kier molecular flexibility index (Phi) is 3.30. The molecule has 1 saturated carbocycles. The van der Waals surface area contributed by atoms with Crippen LogP contribution in [0.1, 0.15) is 24.8 Å². The lowest BCUT2D eigenvalue weighted by atomic mass is 10.1. The van der Waals surface area contributed by atoms with Gasteiger partial charge in [0.2, 0.25) is 0 Å². The van der Waals surface area contributed by atoms with Crippen LogP contribution in [-0.2, 0) is 6.54 Å². The number of nitriles is 1. The number of halogens is 1. The smallest absolute Gasteiger partial charge is 0.165 e. The predicted molar refractivity (Wildman–Crippen MR) is 61.7 cm³/mol. The van der Waals surface area contributed by atoms with E-state index in [1.807, 2.05) is 0 Å². The Morgan fingerprint density at radius 2 is 2.24 bits per heavy atom. The molecule has 1 fully saturated rings. The van der Waals surface area contributed by atoms with Crippen LogP contribution in [0.25, 0.3) is 0 Å². The summed E-state index contributed by atoms with van der Waals surface area (Å²) in [5.74, 6) is -0.146. The number of nitrogens with zero attached hydrogens (tertiary/aromatic N) is 1. The quantitative estimate of drug-likeness (QED) is 0.850. The van der Waals surface area contributed by atoms with E-state index < -0.39 is 0 Å². The minimum Gasteiger partial charge on any atom is -0.490 e. The van der Waals surface area contributed by atoms with Gasteiger partial charge in [0.25, 0.3) is 0 Å². The molecule has 1 aliphatic carbocycles. The lowest BCUT2D eigenvalue weighted by molar-refractivity contribution is 0.227. The molecule has 2 N–H and O–H groups in total. The summed E-state index contributed by atoms with van der Waals surface area (Å²) in [5, 5.41) is 8.67. The van der Waals surface area contributed by atoms with Gasteiger partial charge < -0.3 is 10.5 Å². The van der Waals surface area contributed by atoms with Crippen molar-refractivity contribution in [3.63, 3.8) is 0 Å². The Hall–Kier alpha value is -1.60. The Morgan fingerprint density at radius 1 is 1.47 bits per heavy atom. The van der Waals surface area contributed by atoms with Crippen LogP contribution in [0.4, 0.5) is 4.39 Å². The zero-order valence-electron chi connectivity index (χ0n) is 9.58. The Balaban J connectivity index is 1.98. The first-order valence-corrected chi connectivity index (χ1v) is 5.67. The standard InChI is InChI=1S/C13H15FN2O/c14-11-7-10(8-16)1-2-12(11)17-9-13(3-4-13)5-6-15/h1-2,7H,3-5,8-9,16H2. The molecule has 0 amide bonds. The Morgan fingerprint density at radius 3 is 2.76 bits per heavy atom. The zero-order valence-corrected chi connectivity index (χ0v) is 9.58. The molecule has 1 aromatic rings. The van der Waals surface area contributed by atoms with E-state index in [2.05, 4.69) is 6.07 Å². The van der Waals surface area contributed by atoms with Crippen molar-refractivity contribution in [1.29, 1.82) is 5.26 Å². The average Bonchev–Trinajstić information content (AvgIpc) is 3.08. The zero-order chi connectivity index (χ0) is 12.3. The molecule has 1 aliphatic rings. The van der Waals surface area contributed by atoms with Gasteiger partial charge in [-0.2, -0.15) is 5.26 Å². The minimum absolute atomic E-state index is 0.0340. The van der Waals surface area contributed by atoms with E-state index >= 15 is 0 Å². The molecule has 0 radical (unpaired) electrons. The van der Waals surface area contributed by atoms with E-state index in [1.165, 1.54) is 6.07 Å². The highest BCUT2D eigenvalue weighted by atomic mass is 19.1. The Bertz CT molecular complexity index is 449. The van der Waals surface area contributed by atoms with Crippen molar-refractivity contribution in [2.75, 3.05) is 6.61 Å². The number of nitrogens with two attached hydrogens (primary N) is 1. The number of hydrogen-bond donors (Lipinski definition) is 1. The fourth-order valence-electron chi connectivity index (χ4n) is 1.74. The second kappa shape index (κ2) is 4.72. The highest BCUT2D eigenvalue weighted by Gasteiger charge is 2.43.